The molecule has 1 aliphatic carbocycles. The first-order valence-corrected chi connectivity index (χ1v) is 7.84. The Labute approximate surface area is 104 Å². The van der Waals surface area contributed by atoms with Gasteiger partial charge in [0.2, 0.25) is 6.29 Å². The van der Waals surface area contributed by atoms with Crippen LogP contribution in [0.25, 0.3) is 0 Å². The van der Waals surface area contributed by atoms with Crippen molar-refractivity contribution in [2.45, 2.75) is 36.1 Å². The molecule has 1 saturated carbocycles. The predicted octanol–water partition coefficient (Wildman–Crippen LogP) is 1.84. The first-order chi connectivity index (χ1) is 7.70. The highest BCUT2D eigenvalue weighted by atomic mass is 32.2. The third kappa shape index (κ3) is 1.77. The van der Waals surface area contributed by atoms with E-state index in [0.29, 0.717) is 0 Å². The Morgan fingerprint density at radius 1 is 1.38 bits per heavy atom. The number of aliphatic hydroxyl groups is 1. The topological polar surface area (TPSA) is 46.5 Å². The van der Waals surface area contributed by atoms with Crippen molar-refractivity contribution in [3.63, 3.8) is 0 Å². The fraction of sp³-hybridized carbons (Fsp3) is 0.909. The lowest BCUT2D eigenvalue weighted by Crippen LogP contribution is -2.38. The molecule has 5 heteroatoms. The number of aliphatic hydroxyl groups excluding tert-OH is 1. The highest BCUT2D eigenvalue weighted by Gasteiger charge is 2.52. The molecule has 3 fully saturated rings. The molecular formula is C11H16O3S2. The summed E-state index contributed by atoms with van der Waals surface area (Å²) in [6.07, 6.45) is 3.34. The Morgan fingerprint density at radius 2 is 2.12 bits per heavy atom. The van der Waals surface area contributed by atoms with E-state index in [1.54, 1.807) is 0 Å². The van der Waals surface area contributed by atoms with E-state index in [0.717, 1.165) is 19.3 Å². The van der Waals surface area contributed by atoms with Gasteiger partial charge in [-0.05, 0) is 37.2 Å². The van der Waals surface area contributed by atoms with Crippen molar-refractivity contribution in [2.24, 2.45) is 11.8 Å². The smallest absolute Gasteiger partial charge is 0.311 e. The number of carbonyl (C=O) groups is 1. The normalized spacial score (nSPS) is 41.8. The van der Waals surface area contributed by atoms with Crippen molar-refractivity contribution in [3.8, 4) is 0 Å². The molecule has 2 saturated heterocycles. The highest BCUT2D eigenvalue weighted by Crippen LogP contribution is 2.56. The quantitative estimate of drug-likeness (QED) is 0.673. The number of hydrogen-bond donors (Lipinski definition) is 1. The van der Waals surface area contributed by atoms with E-state index >= 15 is 0 Å². The van der Waals surface area contributed by atoms with Crippen LogP contribution in [0.5, 0.6) is 0 Å². The molecule has 16 heavy (non-hydrogen) atoms. The second kappa shape index (κ2) is 4.10. The molecule has 0 radical (unpaired) electrons. The van der Waals surface area contributed by atoms with E-state index in [9.17, 15) is 9.90 Å². The lowest BCUT2D eigenvalue weighted by atomic mass is 9.80. The van der Waals surface area contributed by atoms with E-state index in [1.807, 2.05) is 23.5 Å². The Hall–Kier alpha value is 0.130. The SMILES string of the molecule is O=C1O[C@@H](O)[C@@H]2CC3(CC[C@H]12)SCCCS3. The maximum atomic E-state index is 11.5. The summed E-state index contributed by atoms with van der Waals surface area (Å²) in [5, 5.41) is 9.75. The molecule has 0 bridgehead atoms. The summed E-state index contributed by atoms with van der Waals surface area (Å²) in [7, 11) is 0. The summed E-state index contributed by atoms with van der Waals surface area (Å²) in [5.41, 5.74) is 0. The first kappa shape index (κ1) is 11.2. The van der Waals surface area contributed by atoms with Gasteiger partial charge in [-0.1, -0.05) is 0 Å². The third-order valence-electron chi connectivity index (χ3n) is 3.82. The zero-order chi connectivity index (χ0) is 11.2. The number of thioether (sulfide) groups is 2. The average molecular weight is 260 g/mol. The fourth-order valence-corrected chi connectivity index (χ4v) is 6.44. The van der Waals surface area contributed by atoms with Crippen LogP contribution in [0.3, 0.4) is 0 Å². The van der Waals surface area contributed by atoms with Crippen LogP contribution < -0.4 is 0 Å². The molecule has 90 valence electrons. The molecule has 3 nitrogen and oxygen atoms in total. The van der Waals surface area contributed by atoms with Gasteiger partial charge in [0, 0.05) is 5.92 Å². The molecule has 3 rings (SSSR count). The van der Waals surface area contributed by atoms with Crippen LogP contribution >= 0.6 is 23.5 Å². The summed E-state index contributed by atoms with van der Waals surface area (Å²) in [4.78, 5) is 11.5. The lowest BCUT2D eigenvalue weighted by Gasteiger charge is -2.42. The van der Waals surface area contributed by atoms with E-state index in [1.165, 1.54) is 17.9 Å². The van der Waals surface area contributed by atoms with Crippen molar-refractivity contribution in [3.05, 3.63) is 0 Å². The van der Waals surface area contributed by atoms with Gasteiger partial charge in [-0.25, -0.2) is 0 Å². The van der Waals surface area contributed by atoms with Crippen LogP contribution in [0, 0.1) is 11.8 Å². The van der Waals surface area contributed by atoms with Crippen molar-refractivity contribution >= 4 is 29.5 Å². The van der Waals surface area contributed by atoms with Gasteiger partial charge in [0.25, 0.3) is 0 Å². The highest BCUT2D eigenvalue weighted by molar-refractivity contribution is 8.18. The van der Waals surface area contributed by atoms with Crippen molar-refractivity contribution in [1.29, 1.82) is 0 Å². The number of carbonyl (C=O) groups excluding carboxylic acids is 1. The van der Waals surface area contributed by atoms with Crippen LogP contribution in [0.4, 0.5) is 0 Å². The monoisotopic (exact) mass is 260 g/mol. The molecule has 1 spiro atoms. The summed E-state index contributed by atoms with van der Waals surface area (Å²) in [6, 6.07) is 0. The van der Waals surface area contributed by atoms with Crippen LogP contribution in [0.15, 0.2) is 0 Å². The number of ether oxygens (including phenoxy) is 1. The second-order valence-electron chi connectivity index (χ2n) is 4.80. The molecule has 0 unspecified atom stereocenters. The summed E-state index contributed by atoms with van der Waals surface area (Å²) in [6.45, 7) is 0. The fourth-order valence-electron chi connectivity index (χ4n) is 2.96. The molecular weight excluding hydrogens is 244 g/mol. The van der Waals surface area contributed by atoms with Crippen molar-refractivity contribution in [2.75, 3.05) is 11.5 Å². The van der Waals surface area contributed by atoms with E-state index in [-0.39, 0.29) is 21.9 Å². The Kier molecular flexibility index (Phi) is 2.88. The molecule has 0 amide bonds. The summed E-state index contributed by atoms with van der Waals surface area (Å²) < 4.78 is 5.20. The first-order valence-electron chi connectivity index (χ1n) is 5.87. The second-order valence-corrected chi connectivity index (χ2v) is 8.02. The van der Waals surface area contributed by atoms with Gasteiger partial charge in [-0.15, -0.1) is 23.5 Å². The minimum absolute atomic E-state index is 0.0382. The molecule has 2 heterocycles. The number of rotatable bonds is 0. The number of fused-ring (bicyclic) bond motifs is 1. The van der Waals surface area contributed by atoms with Crippen LogP contribution in [0.1, 0.15) is 25.7 Å². The average Bonchev–Trinajstić information content (AvgIpc) is 2.55. The van der Waals surface area contributed by atoms with E-state index in [4.69, 9.17) is 4.74 Å². The van der Waals surface area contributed by atoms with Crippen molar-refractivity contribution in [1.82, 2.24) is 0 Å². The molecule has 0 aromatic heterocycles. The Bertz CT molecular complexity index is 302. The van der Waals surface area contributed by atoms with Crippen molar-refractivity contribution < 1.29 is 14.6 Å². The molecule has 0 aromatic carbocycles. The molecule has 3 atom stereocenters. The van der Waals surface area contributed by atoms with E-state index < -0.39 is 6.29 Å². The largest absolute Gasteiger partial charge is 0.435 e. The molecule has 0 aromatic rings. The summed E-state index contributed by atoms with van der Waals surface area (Å²) in [5.74, 6) is 2.26. The van der Waals surface area contributed by atoms with Gasteiger partial charge in [0.05, 0.1) is 10.00 Å². The molecule has 2 aliphatic heterocycles. The van der Waals surface area contributed by atoms with Gasteiger partial charge in [0.1, 0.15) is 0 Å². The Morgan fingerprint density at radius 3 is 2.88 bits per heavy atom. The number of hydrogen-bond acceptors (Lipinski definition) is 5. The standard InChI is InChI=1S/C11H16O3S2/c12-9-7-2-3-11(15-4-1-5-16-11)6-8(7)10(13)14-9/h7-8,10,13H,1-6H2/t7-,8+,10+/m0/s1. The number of cyclic esters (lactones) is 1. The van der Waals surface area contributed by atoms with Crippen LogP contribution in [0.2, 0.25) is 0 Å². The van der Waals surface area contributed by atoms with Gasteiger partial charge in [-0.3, -0.25) is 4.79 Å². The minimum Gasteiger partial charge on any atom is -0.435 e. The van der Waals surface area contributed by atoms with Crippen LogP contribution in [-0.4, -0.2) is 33.0 Å². The van der Waals surface area contributed by atoms with Gasteiger partial charge in [-0.2, -0.15) is 0 Å². The maximum absolute atomic E-state index is 11.5. The van der Waals surface area contributed by atoms with E-state index in [2.05, 4.69) is 0 Å². The van der Waals surface area contributed by atoms with Gasteiger partial charge >= 0.3 is 5.97 Å². The molecule has 3 aliphatic rings. The third-order valence-corrected chi connectivity index (χ3v) is 7.31. The molecule has 1 N–H and O–H groups in total. The van der Waals surface area contributed by atoms with Crippen LogP contribution in [-0.2, 0) is 9.53 Å². The lowest BCUT2D eigenvalue weighted by molar-refractivity contribution is -0.156. The minimum atomic E-state index is -0.849. The zero-order valence-corrected chi connectivity index (χ0v) is 10.7. The van der Waals surface area contributed by atoms with Gasteiger partial charge in [0.15, 0.2) is 0 Å². The number of esters is 1. The maximum Gasteiger partial charge on any atom is 0.311 e. The predicted molar refractivity (Wildman–Crippen MR) is 65.2 cm³/mol. The zero-order valence-electron chi connectivity index (χ0n) is 9.05. The van der Waals surface area contributed by atoms with Gasteiger partial charge < -0.3 is 9.84 Å². The summed E-state index contributed by atoms with van der Waals surface area (Å²) >= 11 is 4.05. The Balaban J connectivity index is 1.76.